The number of allylic oxidation sites excluding steroid dienone is 2. The van der Waals surface area contributed by atoms with Crippen molar-refractivity contribution < 1.29 is 0 Å². The summed E-state index contributed by atoms with van der Waals surface area (Å²) in [6, 6.07) is 17.3. The highest BCUT2D eigenvalue weighted by molar-refractivity contribution is 5.93. The Morgan fingerprint density at radius 1 is 0.556 bits per heavy atom. The van der Waals surface area contributed by atoms with Crippen LogP contribution in [0, 0.1) is 13.8 Å². The molecule has 4 aromatic rings. The molecule has 0 radical (unpaired) electrons. The molecule has 0 saturated carbocycles. The van der Waals surface area contributed by atoms with Gasteiger partial charge >= 0.3 is 0 Å². The molecule has 0 fully saturated rings. The monoisotopic (exact) mass is 472 g/mol. The molecular weight excluding hydrogens is 440 g/mol. The Kier molecular flexibility index (Phi) is 5.22. The lowest BCUT2D eigenvalue weighted by Gasteiger charge is -1.98. The first-order valence-electron chi connectivity index (χ1n) is 12.9. The third-order valence-electron chi connectivity index (χ3n) is 8.03. The first kappa shape index (κ1) is 22.5. The van der Waals surface area contributed by atoms with Crippen LogP contribution in [0.1, 0.15) is 61.3 Å². The van der Waals surface area contributed by atoms with Gasteiger partial charge in [0.05, 0.1) is 22.8 Å². The molecule has 0 aliphatic carbocycles. The minimum Gasteiger partial charge on any atom is -0.355 e. The van der Waals surface area contributed by atoms with Crippen molar-refractivity contribution >= 4 is 33.2 Å². The number of hydrogen-bond donors (Lipinski definition) is 2. The predicted octanol–water partition coefficient (Wildman–Crippen LogP) is 8.34. The summed E-state index contributed by atoms with van der Waals surface area (Å²) >= 11 is 0. The lowest BCUT2D eigenvalue weighted by molar-refractivity contribution is 1.14. The quantitative estimate of drug-likeness (QED) is 0.271. The molecule has 5 heterocycles. The van der Waals surface area contributed by atoms with Crippen molar-refractivity contribution in [3.63, 3.8) is 0 Å². The molecule has 0 unspecified atom stereocenters. The van der Waals surface area contributed by atoms with Gasteiger partial charge in [0.25, 0.3) is 0 Å². The molecule has 0 atom stereocenters. The molecule has 8 bridgehead atoms. The van der Waals surface area contributed by atoms with Gasteiger partial charge in [-0.05, 0) is 98.2 Å². The van der Waals surface area contributed by atoms with Crippen LogP contribution in [0.5, 0.6) is 0 Å². The number of rotatable bonds is 2. The van der Waals surface area contributed by atoms with E-state index in [0.717, 1.165) is 57.8 Å². The van der Waals surface area contributed by atoms with Crippen molar-refractivity contribution in [3.8, 4) is 22.5 Å². The molecule has 2 aliphatic heterocycles. The SMILES string of the molecule is CCc1c(C)c2cc3nc(cc4nc(cc5[nH]c(cc1[nH]2)c(CC)c5C)-c1ccccc1-4)C(C)=C3C. The van der Waals surface area contributed by atoms with Gasteiger partial charge in [0.2, 0.25) is 0 Å². The summed E-state index contributed by atoms with van der Waals surface area (Å²) in [5, 5.41) is 0. The smallest absolute Gasteiger partial charge is 0.0737 e. The van der Waals surface area contributed by atoms with Crippen molar-refractivity contribution in [1.29, 1.82) is 0 Å². The first-order valence-corrected chi connectivity index (χ1v) is 12.9. The maximum absolute atomic E-state index is 5.11. The van der Waals surface area contributed by atoms with E-state index in [4.69, 9.17) is 9.97 Å². The highest BCUT2D eigenvalue weighted by Crippen LogP contribution is 2.38. The number of H-pyrrole nitrogens is 2. The van der Waals surface area contributed by atoms with Crippen LogP contribution in [-0.2, 0) is 12.8 Å². The maximum Gasteiger partial charge on any atom is 0.0737 e. The van der Waals surface area contributed by atoms with E-state index in [1.807, 2.05) is 0 Å². The van der Waals surface area contributed by atoms with Crippen LogP contribution >= 0.6 is 0 Å². The standard InChI is InChI=1S/C32H32N4/c1-7-21-19(5)27-13-25-17(3)18(4)26(33-25)14-31-23-11-9-10-12-24(23)32(36-31)15-28-20(6)22(8-2)30(35-28)16-29(21)34-27/h9-16,34-35H,7-8H2,1-6H3. The Balaban J connectivity index is 1.82. The molecule has 4 nitrogen and oxygen atoms in total. The average Bonchev–Trinajstić information content (AvgIpc) is 3.54. The number of nitrogens with one attached hydrogen (secondary N) is 2. The molecule has 2 aliphatic rings. The van der Waals surface area contributed by atoms with Gasteiger partial charge in [0.1, 0.15) is 0 Å². The van der Waals surface area contributed by atoms with Crippen molar-refractivity contribution in [2.45, 2.75) is 54.4 Å². The molecule has 36 heavy (non-hydrogen) atoms. The van der Waals surface area contributed by atoms with Crippen LogP contribution in [0.3, 0.4) is 0 Å². The Labute approximate surface area is 212 Å². The normalized spacial score (nSPS) is 12.8. The van der Waals surface area contributed by atoms with Crippen LogP contribution in [0.25, 0.3) is 55.7 Å². The Hall–Kier alpha value is -3.92. The van der Waals surface area contributed by atoms with E-state index >= 15 is 0 Å². The van der Waals surface area contributed by atoms with E-state index in [-0.39, 0.29) is 0 Å². The van der Waals surface area contributed by atoms with Crippen molar-refractivity contribution in [1.82, 2.24) is 19.9 Å². The molecule has 0 saturated heterocycles. The fraction of sp³-hybridized carbons (Fsp3) is 0.250. The van der Waals surface area contributed by atoms with Gasteiger partial charge in [-0.3, -0.25) is 0 Å². The topological polar surface area (TPSA) is 57.4 Å². The van der Waals surface area contributed by atoms with E-state index in [1.165, 1.54) is 44.4 Å². The summed E-state index contributed by atoms with van der Waals surface area (Å²) in [5.74, 6) is 0. The van der Waals surface area contributed by atoms with E-state index < -0.39 is 0 Å². The number of aromatic amines is 2. The Morgan fingerprint density at radius 3 is 1.53 bits per heavy atom. The molecule has 6 rings (SSSR count). The van der Waals surface area contributed by atoms with E-state index in [0.29, 0.717) is 0 Å². The molecule has 2 N–H and O–H groups in total. The summed E-state index contributed by atoms with van der Waals surface area (Å²) < 4.78 is 0. The number of nitrogens with zero attached hydrogens (tertiary/aromatic N) is 2. The van der Waals surface area contributed by atoms with E-state index in [2.05, 4.69) is 100 Å². The lowest BCUT2D eigenvalue weighted by Crippen LogP contribution is -1.82. The van der Waals surface area contributed by atoms with Crippen molar-refractivity contribution in [2.24, 2.45) is 0 Å². The second-order valence-corrected chi connectivity index (χ2v) is 9.96. The van der Waals surface area contributed by atoms with Crippen LogP contribution in [0.15, 0.2) is 48.5 Å². The summed E-state index contributed by atoms with van der Waals surface area (Å²) in [4.78, 5) is 17.6. The van der Waals surface area contributed by atoms with Gasteiger partial charge in [0.15, 0.2) is 0 Å². The molecule has 1 aromatic carbocycles. The molecule has 4 heteroatoms. The van der Waals surface area contributed by atoms with Gasteiger partial charge in [-0.15, -0.1) is 0 Å². The average molecular weight is 473 g/mol. The highest BCUT2D eigenvalue weighted by atomic mass is 14.8. The fourth-order valence-electron chi connectivity index (χ4n) is 5.71. The number of fused-ring (bicyclic) bond motifs is 11. The fourth-order valence-corrected chi connectivity index (χ4v) is 5.71. The van der Waals surface area contributed by atoms with Gasteiger partial charge in [0, 0.05) is 33.2 Å². The molecule has 0 amide bonds. The number of benzene rings is 1. The van der Waals surface area contributed by atoms with Crippen molar-refractivity contribution in [3.05, 3.63) is 82.2 Å². The minimum atomic E-state index is 0.967. The van der Waals surface area contributed by atoms with E-state index in [1.54, 1.807) is 0 Å². The minimum absolute atomic E-state index is 0.967. The number of aryl methyl sites for hydroxylation is 4. The largest absolute Gasteiger partial charge is 0.355 e. The zero-order valence-electron chi connectivity index (χ0n) is 21.9. The third-order valence-corrected chi connectivity index (χ3v) is 8.03. The molecule has 0 spiro atoms. The van der Waals surface area contributed by atoms with Gasteiger partial charge < -0.3 is 9.97 Å². The summed E-state index contributed by atoms with van der Waals surface area (Å²) in [6.07, 6.45) is 1.94. The van der Waals surface area contributed by atoms with Crippen molar-refractivity contribution in [2.75, 3.05) is 0 Å². The van der Waals surface area contributed by atoms with Crippen LogP contribution in [-0.4, -0.2) is 19.9 Å². The van der Waals surface area contributed by atoms with Crippen LogP contribution in [0.4, 0.5) is 0 Å². The van der Waals surface area contributed by atoms with Gasteiger partial charge in [-0.2, -0.15) is 0 Å². The lowest BCUT2D eigenvalue weighted by atomic mass is 10.0. The Bertz CT molecular complexity index is 1740. The highest BCUT2D eigenvalue weighted by Gasteiger charge is 2.19. The summed E-state index contributed by atoms with van der Waals surface area (Å²) in [7, 11) is 0. The third kappa shape index (κ3) is 3.35. The van der Waals surface area contributed by atoms with Gasteiger partial charge in [-0.1, -0.05) is 38.1 Å². The zero-order valence-corrected chi connectivity index (χ0v) is 21.9. The van der Waals surface area contributed by atoms with Crippen LogP contribution in [0.2, 0.25) is 0 Å². The first-order chi connectivity index (χ1) is 17.4. The van der Waals surface area contributed by atoms with E-state index in [9.17, 15) is 0 Å². The second kappa shape index (κ2) is 8.34. The second-order valence-electron chi connectivity index (χ2n) is 9.96. The molecular formula is C32H32N4. The van der Waals surface area contributed by atoms with Crippen LogP contribution < -0.4 is 0 Å². The van der Waals surface area contributed by atoms with Gasteiger partial charge in [-0.25, -0.2) is 9.97 Å². The summed E-state index contributed by atoms with van der Waals surface area (Å²) in [6.45, 7) is 13.2. The maximum atomic E-state index is 5.11. The predicted molar refractivity (Wildman–Crippen MR) is 152 cm³/mol. The number of hydrogen-bond acceptors (Lipinski definition) is 2. The Morgan fingerprint density at radius 2 is 1.00 bits per heavy atom. The zero-order chi connectivity index (χ0) is 25.1. The molecule has 3 aromatic heterocycles. The molecule has 180 valence electrons. The number of aromatic nitrogens is 4. The summed E-state index contributed by atoms with van der Waals surface area (Å²) in [5.41, 5.74) is 18.5.